The number of benzene rings is 1. The summed E-state index contributed by atoms with van der Waals surface area (Å²) in [5.74, 6) is -0.836. The van der Waals surface area contributed by atoms with E-state index in [1.165, 1.54) is 12.3 Å². The van der Waals surface area contributed by atoms with Crippen molar-refractivity contribution in [2.45, 2.75) is 13.3 Å². The Morgan fingerprint density at radius 2 is 1.74 bits per heavy atom. The minimum Gasteiger partial charge on any atom is -0.469 e. The number of amides is 3. The van der Waals surface area contributed by atoms with Gasteiger partial charge in [0.25, 0.3) is 11.8 Å². The predicted molar refractivity (Wildman–Crippen MR) is 82.2 cm³/mol. The van der Waals surface area contributed by atoms with E-state index in [0.717, 1.165) is 5.56 Å². The van der Waals surface area contributed by atoms with Crippen LogP contribution in [0.3, 0.4) is 0 Å². The van der Waals surface area contributed by atoms with Gasteiger partial charge in [-0.1, -0.05) is 30.3 Å². The van der Waals surface area contributed by atoms with Crippen molar-refractivity contribution in [3.63, 3.8) is 0 Å². The first-order valence-electron chi connectivity index (χ1n) is 7.00. The van der Waals surface area contributed by atoms with E-state index in [1.54, 1.807) is 6.92 Å². The van der Waals surface area contributed by atoms with Gasteiger partial charge in [0.15, 0.2) is 0 Å². The highest BCUT2D eigenvalue weighted by Gasteiger charge is 2.12. The lowest BCUT2D eigenvalue weighted by atomic mass is 10.1. The largest absolute Gasteiger partial charge is 0.469 e. The van der Waals surface area contributed by atoms with Gasteiger partial charge in [-0.15, -0.1) is 0 Å². The van der Waals surface area contributed by atoms with Crippen molar-refractivity contribution in [3.8, 4) is 0 Å². The van der Waals surface area contributed by atoms with E-state index in [9.17, 15) is 14.4 Å². The van der Waals surface area contributed by atoms with E-state index < -0.39 is 11.8 Å². The molecule has 120 valence electrons. The van der Waals surface area contributed by atoms with Crippen LogP contribution in [0.1, 0.15) is 21.7 Å². The van der Waals surface area contributed by atoms with Crippen molar-refractivity contribution in [1.82, 2.24) is 16.2 Å². The van der Waals surface area contributed by atoms with E-state index in [-0.39, 0.29) is 18.9 Å². The number of hydrazine groups is 1. The van der Waals surface area contributed by atoms with Crippen LogP contribution >= 0.6 is 0 Å². The van der Waals surface area contributed by atoms with Crippen LogP contribution in [0.25, 0.3) is 0 Å². The number of aryl methyl sites for hydroxylation is 1. The maximum Gasteiger partial charge on any atom is 0.273 e. The van der Waals surface area contributed by atoms with Gasteiger partial charge < -0.3 is 9.73 Å². The molecule has 3 amide bonds. The van der Waals surface area contributed by atoms with Gasteiger partial charge in [0, 0.05) is 0 Å². The average Bonchev–Trinajstić information content (AvgIpc) is 2.98. The van der Waals surface area contributed by atoms with Gasteiger partial charge in [-0.25, -0.2) is 0 Å². The molecule has 0 saturated heterocycles. The first kappa shape index (κ1) is 16.3. The van der Waals surface area contributed by atoms with Crippen LogP contribution in [0.5, 0.6) is 0 Å². The monoisotopic (exact) mass is 315 g/mol. The van der Waals surface area contributed by atoms with Crippen molar-refractivity contribution in [2.75, 3.05) is 6.54 Å². The van der Waals surface area contributed by atoms with E-state index in [0.29, 0.717) is 11.3 Å². The first-order valence-corrected chi connectivity index (χ1v) is 7.00. The molecule has 0 radical (unpaired) electrons. The molecule has 1 heterocycles. The Kier molecular flexibility index (Phi) is 5.51. The number of rotatable bonds is 5. The molecule has 0 bridgehead atoms. The minimum absolute atomic E-state index is 0.189. The fourth-order valence-corrected chi connectivity index (χ4v) is 1.88. The van der Waals surface area contributed by atoms with Gasteiger partial charge in [-0.2, -0.15) is 0 Å². The molecule has 0 fully saturated rings. The predicted octanol–water partition coefficient (Wildman–Crippen LogP) is 0.708. The van der Waals surface area contributed by atoms with Gasteiger partial charge in [0.1, 0.15) is 5.76 Å². The Morgan fingerprint density at radius 3 is 2.39 bits per heavy atom. The van der Waals surface area contributed by atoms with Gasteiger partial charge >= 0.3 is 0 Å². The van der Waals surface area contributed by atoms with Crippen LogP contribution in [0, 0.1) is 6.92 Å². The molecule has 2 rings (SSSR count). The lowest BCUT2D eigenvalue weighted by Crippen LogP contribution is -2.46. The van der Waals surface area contributed by atoms with E-state index in [4.69, 9.17) is 4.42 Å². The molecule has 23 heavy (non-hydrogen) atoms. The second-order valence-corrected chi connectivity index (χ2v) is 4.83. The van der Waals surface area contributed by atoms with Gasteiger partial charge in [-0.05, 0) is 18.6 Å². The lowest BCUT2D eigenvalue weighted by molar-refractivity contribution is -0.126. The van der Waals surface area contributed by atoms with Crippen molar-refractivity contribution >= 4 is 17.7 Å². The van der Waals surface area contributed by atoms with E-state index in [2.05, 4.69) is 16.2 Å². The number of nitrogens with one attached hydrogen (secondary N) is 3. The Labute approximate surface area is 133 Å². The van der Waals surface area contributed by atoms with Gasteiger partial charge in [-0.3, -0.25) is 25.2 Å². The van der Waals surface area contributed by atoms with Gasteiger partial charge in [0.05, 0.1) is 24.8 Å². The highest BCUT2D eigenvalue weighted by molar-refractivity contribution is 5.96. The molecule has 1 aromatic carbocycles. The third-order valence-electron chi connectivity index (χ3n) is 3.07. The summed E-state index contributed by atoms with van der Waals surface area (Å²) >= 11 is 0. The summed E-state index contributed by atoms with van der Waals surface area (Å²) in [5.41, 5.74) is 5.66. The molecule has 0 aliphatic carbocycles. The fraction of sp³-hybridized carbons (Fsp3) is 0.188. The van der Waals surface area contributed by atoms with Crippen LogP contribution in [0.15, 0.2) is 47.1 Å². The third-order valence-corrected chi connectivity index (χ3v) is 3.07. The highest BCUT2D eigenvalue weighted by Crippen LogP contribution is 2.07. The molecule has 0 atom stereocenters. The zero-order valence-corrected chi connectivity index (χ0v) is 12.6. The third kappa shape index (κ3) is 4.99. The minimum atomic E-state index is -0.527. The van der Waals surface area contributed by atoms with Crippen molar-refractivity contribution < 1.29 is 18.8 Å². The second kappa shape index (κ2) is 7.79. The lowest BCUT2D eigenvalue weighted by Gasteiger charge is -2.08. The van der Waals surface area contributed by atoms with Gasteiger partial charge in [0.2, 0.25) is 5.91 Å². The molecule has 0 spiro atoms. The number of carbonyl (C=O) groups is 3. The maximum atomic E-state index is 11.7. The summed E-state index contributed by atoms with van der Waals surface area (Å²) in [4.78, 5) is 35.0. The summed E-state index contributed by atoms with van der Waals surface area (Å²) in [6, 6.07) is 10.7. The second-order valence-electron chi connectivity index (χ2n) is 4.83. The van der Waals surface area contributed by atoms with Crippen molar-refractivity contribution in [2.24, 2.45) is 0 Å². The Hall–Kier alpha value is -3.09. The normalized spacial score (nSPS) is 9.96. The summed E-state index contributed by atoms with van der Waals surface area (Å²) in [5, 5.41) is 2.48. The number of hydrogen-bond acceptors (Lipinski definition) is 4. The molecule has 7 nitrogen and oxygen atoms in total. The highest BCUT2D eigenvalue weighted by atomic mass is 16.3. The molecule has 0 saturated carbocycles. The zero-order valence-electron chi connectivity index (χ0n) is 12.6. The van der Waals surface area contributed by atoms with Crippen LogP contribution in [0.4, 0.5) is 0 Å². The molecule has 3 N–H and O–H groups in total. The number of hydrogen-bond donors (Lipinski definition) is 3. The summed E-state index contributed by atoms with van der Waals surface area (Å²) < 4.78 is 5.00. The molecule has 1 aromatic heterocycles. The smallest absolute Gasteiger partial charge is 0.273 e. The number of carbonyl (C=O) groups excluding carboxylic acids is 3. The summed E-state index contributed by atoms with van der Waals surface area (Å²) in [6.45, 7) is 1.41. The zero-order chi connectivity index (χ0) is 16.7. The fourth-order valence-electron chi connectivity index (χ4n) is 1.88. The Bertz CT molecular complexity index is 694. The Balaban J connectivity index is 1.70. The Morgan fingerprint density at radius 1 is 1.00 bits per heavy atom. The molecule has 0 aliphatic heterocycles. The SMILES string of the molecule is Cc1occc1C(=O)NNC(=O)CNC(=O)Cc1ccccc1. The van der Waals surface area contributed by atoms with Crippen molar-refractivity contribution in [1.29, 1.82) is 0 Å². The van der Waals surface area contributed by atoms with Crippen LogP contribution in [-0.2, 0) is 16.0 Å². The van der Waals surface area contributed by atoms with Crippen LogP contribution < -0.4 is 16.2 Å². The average molecular weight is 315 g/mol. The molecule has 0 unspecified atom stereocenters. The maximum absolute atomic E-state index is 11.7. The summed E-state index contributed by atoms with van der Waals surface area (Å²) in [6.07, 6.45) is 1.57. The molecular formula is C16H17N3O4. The topological polar surface area (TPSA) is 100 Å². The summed E-state index contributed by atoms with van der Waals surface area (Å²) in [7, 11) is 0. The molecular weight excluding hydrogens is 298 g/mol. The standard InChI is InChI=1S/C16H17N3O4/c1-11-13(7-8-23-11)16(22)19-18-15(21)10-17-14(20)9-12-5-3-2-4-6-12/h2-8H,9-10H2,1H3,(H,17,20)(H,18,21)(H,19,22). The quantitative estimate of drug-likeness (QED) is 0.707. The van der Waals surface area contributed by atoms with Crippen LogP contribution in [-0.4, -0.2) is 24.3 Å². The van der Waals surface area contributed by atoms with Crippen LogP contribution in [0.2, 0.25) is 0 Å². The first-order chi connectivity index (χ1) is 11.1. The van der Waals surface area contributed by atoms with E-state index >= 15 is 0 Å². The molecule has 2 aromatic rings. The molecule has 0 aliphatic rings. The number of furan rings is 1. The van der Waals surface area contributed by atoms with E-state index in [1.807, 2.05) is 30.3 Å². The molecule has 7 heteroatoms. The van der Waals surface area contributed by atoms with Crippen molar-refractivity contribution in [3.05, 3.63) is 59.5 Å².